The van der Waals surface area contributed by atoms with E-state index in [1.807, 2.05) is 29.2 Å². The van der Waals surface area contributed by atoms with E-state index in [9.17, 15) is 14.0 Å². The summed E-state index contributed by atoms with van der Waals surface area (Å²) in [6, 6.07) is 13.4. The molecule has 1 atom stereocenters. The minimum atomic E-state index is -0.475. The van der Waals surface area contributed by atoms with Crippen LogP contribution in [0.4, 0.5) is 20.6 Å². The summed E-state index contributed by atoms with van der Waals surface area (Å²) in [4.78, 5) is 31.4. The molecule has 0 unspecified atom stereocenters. The second kappa shape index (κ2) is 9.56. The van der Waals surface area contributed by atoms with E-state index in [1.165, 1.54) is 12.1 Å². The number of hydrogen-bond acceptors (Lipinski definition) is 3. The Morgan fingerprint density at radius 2 is 1.65 bits per heavy atom. The van der Waals surface area contributed by atoms with Crippen LogP contribution in [0.3, 0.4) is 0 Å². The maximum Gasteiger partial charge on any atom is 0.321 e. The predicted molar refractivity (Wildman–Crippen MR) is 120 cm³/mol. The quantitative estimate of drug-likeness (QED) is 0.776. The average molecular weight is 445 g/mol. The van der Waals surface area contributed by atoms with Crippen molar-refractivity contribution in [2.75, 3.05) is 49.5 Å². The minimum Gasteiger partial charge on any atom is -0.367 e. The van der Waals surface area contributed by atoms with Crippen LogP contribution in [-0.4, -0.2) is 61.0 Å². The van der Waals surface area contributed by atoms with Crippen molar-refractivity contribution in [3.63, 3.8) is 0 Å². The Bertz CT molecular complexity index is 949. The van der Waals surface area contributed by atoms with Crippen molar-refractivity contribution in [2.24, 2.45) is 5.92 Å². The van der Waals surface area contributed by atoms with Crippen LogP contribution in [0, 0.1) is 11.7 Å². The Morgan fingerprint density at radius 3 is 2.39 bits per heavy atom. The molecule has 2 aliphatic heterocycles. The number of anilines is 2. The number of rotatable bonds is 3. The van der Waals surface area contributed by atoms with Crippen molar-refractivity contribution in [3.05, 3.63) is 59.4 Å². The summed E-state index contributed by atoms with van der Waals surface area (Å²) in [7, 11) is 0. The molecule has 3 amide bonds. The van der Waals surface area contributed by atoms with E-state index in [2.05, 4.69) is 10.2 Å². The van der Waals surface area contributed by atoms with Crippen LogP contribution in [0.25, 0.3) is 0 Å². The van der Waals surface area contributed by atoms with E-state index in [4.69, 9.17) is 11.6 Å². The van der Waals surface area contributed by atoms with Gasteiger partial charge < -0.3 is 20.0 Å². The van der Waals surface area contributed by atoms with E-state index in [1.54, 1.807) is 17.0 Å². The van der Waals surface area contributed by atoms with Crippen LogP contribution in [0.15, 0.2) is 48.5 Å². The van der Waals surface area contributed by atoms with Crippen molar-refractivity contribution in [1.82, 2.24) is 9.80 Å². The molecule has 2 aromatic rings. The zero-order valence-electron chi connectivity index (χ0n) is 17.3. The van der Waals surface area contributed by atoms with Crippen molar-refractivity contribution in [2.45, 2.75) is 12.8 Å². The molecule has 2 fully saturated rings. The molecule has 0 saturated carbocycles. The van der Waals surface area contributed by atoms with Crippen molar-refractivity contribution >= 4 is 34.9 Å². The summed E-state index contributed by atoms with van der Waals surface area (Å²) in [5.74, 6) is -0.619. The zero-order valence-corrected chi connectivity index (χ0v) is 18.0. The Labute approximate surface area is 186 Å². The summed E-state index contributed by atoms with van der Waals surface area (Å²) in [5.41, 5.74) is 1.14. The van der Waals surface area contributed by atoms with Crippen LogP contribution in [0.2, 0.25) is 5.02 Å². The fourth-order valence-electron chi connectivity index (χ4n) is 4.25. The number of amides is 3. The van der Waals surface area contributed by atoms with E-state index < -0.39 is 5.82 Å². The molecule has 0 aromatic heterocycles. The van der Waals surface area contributed by atoms with Gasteiger partial charge in [0, 0.05) is 39.3 Å². The fraction of sp³-hybridized carbons (Fsp3) is 0.391. The van der Waals surface area contributed by atoms with Gasteiger partial charge in [0.1, 0.15) is 5.82 Å². The summed E-state index contributed by atoms with van der Waals surface area (Å²) in [6.07, 6.45) is 1.51. The Balaban J connectivity index is 1.32. The fourth-order valence-corrected chi connectivity index (χ4v) is 4.51. The molecular weight excluding hydrogens is 419 g/mol. The molecule has 2 saturated heterocycles. The number of piperidine rings is 1. The lowest BCUT2D eigenvalue weighted by Gasteiger charge is -2.40. The third-order valence-corrected chi connectivity index (χ3v) is 6.28. The molecule has 0 aliphatic carbocycles. The van der Waals surface area contributed by atoms with Crippen LogP contribution in [0.5, 0.6) is 0 Å². The van der Waals surface area contributed by atoms with Crippen LogP contribution < -0.4 is 10.2 Å². The number of nitrogens with one attached hydrogen (secondary N) is 1. The van der Waals surface area contributed by atoms with Crippen LogP contribution >= 0.6 is 11.6 Å². The average Bonchev–Trinajstić information content (AvgIpc) is 2.80. The summed E-state index contributed by atoms with van der Waals surface area (Å²) < 4.78 is 13.8. The molecule has 2 aliphatic rings. The SMILES string of the molecule is O=C(Nc1ccccc1F)N1CCC[C@@H](C(=O)N2CCN(c3ccccc3Cl)CC2)C1. The lowest BCUT2D eigenvalue weighted by atomic mass is 9.96. The molecule has 31 heavy (non-hydrogen) atoms. The van der Waals surface area contributed by atoms with Gasteiger partial charge in [-0.3, -0.25) is 4.79 Å². The van der Waals surface area contributed by atoms with Crippen molar-refractivity contribution < 1.29 is 14.0 Å². The maximum atomic E-state index is 13.8. The van der Waals surface area contributed by atoms with Gasteiger partial charge in [0.2, 0.25) is 5.91 Å². The summed E-state index contributed by atoms with van der Waals surface area (Å²) in [6.45, 7) is 3.61. The Hall–Kier alpha value is -2.80. The third-order valence-electron chi connectivity index (χ3n) is 5.96. The molecule has 4 rings (SSSR count). The smallest absolute Gasteiger partial charge is 0.321 e. The minimum absolute atomic E-state index is 0.0854. The number of para-hydroxylation sites is 2. The van der Waals surface area contributed by atoms with Crippen molar-refractivity contribution in [1.29, 1.82) is 0 Å². The zero-order chi connectivity index (χ0) is 21.8. The Morgan fingerprint density at radius 1 is 0.935 bits per heavy atom. The molecule has 0 spiro atoms. The van der Waals surface area contributed by atoms with E-state index in [0.717, 1.165) is 31.6 Å². The van der Waals surface area contributed by atoms with Gasteiger partial charge in [0.05, 0.1) is 22.3 Å². The van der Waals surface area contributed by atoms with Gasteiger partial charge in [0.25, 0.3) is 0 Å². The van der Waals surface area contributed by atoms with Gasteiger partial charge in [-0.25, -0.2) is 9.18 Å². The number of carbonyl (C=O) groups is 2. The first-order chi connectivity index (χ1) is 15.0. The molecule has 8 heteroatoms. The number of nitrogens with zero attached hydrogens (tertiary/aromatic N) is 3. The molecular formula is C23H26ClFN4O2. The van der Waals surface area contributed by atoms with Gasteiger partial charge in [-0.15, -0.1) is 0 Å². The highest BCUT2D eigenvalue weighted by atomic mass is 35.5. The first-order valence-corrected chi connectivity index (χ1v) is 11.0. The Kier molecular flexibility index (Phi) is 6.61. The highest BCUT2D eigenvalue weighted by Crippen LogP contribution is 2.27. The second-order valence-electron chi connectivity index (χ2n) is 7.96. The number of likely N-dealkylation sites (tertiary alicyclic amines) is 1. The number of carbonyl (C=O) groups excluding carboxylic acids is 2. The molecule has 0 bridgehead atoms. The third kappa shape index (κ3) is 4.93. The highest BCUT2D eigenvalue weighted by molar-refractivity contribution is 6.33. The first-order valence-electron chi connectivity index (χ1n) is 10.6. The molecule has 6 nitrogen and oxygen atoms in total. The van der Waals surface area contributed by atoms with Gasteiger partial charge >= 0.3 is 6.03 Å². The van der Waals surface area contributed by atoms with Crippen molar-refractivity contribution in [3.8, 4) is 0 Å². The second-order valence-corrected chi connectivity index (χ2v) is 8.37. The van der Waals surface area contributed by atoms with Gasteiger partial charge in [-0.1, -0.05) is 35.9 Å². The molecule has 2 heterocycles. The van der Waals surface area contributed by atoms with Gasteiger partial charge in [0.15, 0.2) is 0 Å². The van der Waals surface area contributed by atoms with Gasteiger partial charge in [-0.2, -0.15) is 0 Å². The number of piperazine rings is 1. The van der Waals surface area contributed by atoms with E-state index in [-0.39, 0.29) is 23.5 Å². The van der Waals surface area contributed by atoms with Gasteiger partial charge in [-0.05, 0) is 37.1 Å². The van der Waals surface area contributed by atoms with Crippen LogP contribution in [-0.2, 0) is 4.79 Å². The number of halogens is 2. The number of urea groups is 1. The van der Waals surface area contributed by atoms with Crippen LogP contribution in [0.1, 0.15) is 12.8 Å². The standard InChI is InChI=1S/C23H26ClFN4O2/c24-18-7-1-4-10-21(18)27-12-14-28(15-13-27)22(30)17-6-5-11-29(16-17)23(31)26-20-9-3-2-8-19(20)25/h1-4,7-10,17H,5-6,11-16H2,(H,26,31)/t17-/m1/s1. The monoisotopic (exact) mass is 444 g/mol. The number of hydrogen-bond donors (Lipinski definition) is 1. The maximum absolute atomic E-state index is 13.8. The first kappa shape index (κ1) is 21.4. The lowest BCUT2D eigenvalue weighted by molar-refractivity contribution is -0.137. The van der Waals surface area contributed by atoms with E-state index >= 15 is 0 Å². The summed E-state index contributed by atoms with van der Waals surface area (Å²) >= 11 is 6.30. The highest BCUT2D eigenvalue weighted by Gasteiger charge is 2.33. The molecule has 2 aromatic carbocycles. The number of benzene rings is 2. The lowest BCUT2D eigenvalue weighted by Crippen LogP contribution is -2.53. The molecule has 1 N–H and O–H groups in total. The normalized spacial score (nSPS) is 19.3. The largest absolute Gasteiger partial charge is 0.367 e. The van der Waals surface area contributed by atoms with E-state index in [0.29, 0.717) is 31.2 Å². The molecule has 0 radical (unpaired) electrons. The predicted octanol–water partition coefficient (Wildman–Crippen LogP) is 4.07. The molecule has 164 valence electrons. The summed E-state index contributed by atoms with van der Waals surface area (Å²) in [5, 5.41) is 3.33. The topological polar surface area (TPSA) is 55.9 Å².